The fourth-order valence-electron chi connectivity index (χ4n) is 2.99. The highest BCUT2D eigenvalue weighted by Crippen LogP contribution is 2.47. The van der Waals surface area contributed by atoms with Crippen LogP contribution in [0.3, 0.4) is 0 Å². The van der Waals surface area contributed by atoms with Gasteiger partial charge in [-0.2, -0.15) is 0 Å². The smallest absolute Gasteiger partial charge is 0.489 e. The summed E-state index contributed by atoms with van der Waals surface area (Å²) in [6.45, 7) is 8.50. The molecule has 164 valence electrons. The number of benzene rings is 2. The quantitative estimate of drug-likeness (QED) is 0.343. The maximum Gasteiger partial charge on any atom is 0.513 e. The van der Waals surface area contributed by atoms with Gasteiger partial charge in [-0.05, 0) is 26.2 Å². The molecule has 0 fully saturated rings. The fraction of sp³-hybridized carbons (Fsp3) is 0.478. The zero-order chi connectivity index (χ0) is 21.9. The van der Waals surface area contributed by atoms with Crippen LogP contribution in [0.25, 0.3) is 10.8 Å². The summed E-state index contributed by atoms with van der Waals surface area (Å²) in [5.41, 5.74) is 0.643. The van der Waals surface area contributed by atoms with Gasteiger partial charge < -0.3 is 23.7 Å². The van der Waals surface area contributed by atoms with E-state index in [-0.39, 0.29) is 19.0 Å². The molecule has 0 N–H and O–H groups in total. The lowest BCUT2D eigenvalue weighted by molar-refractivity contribution is 0.0961. The Balaban J connectivity index is 2.64. The van der Waals surface area contributed by atoms with Gasteiger partial charge in [0.1, 0.15) is 5.75 Å². The van der Waals surface area contributed by atoms with Gasteiger partial charge in [-0.1, -0.05) is 51.5 Å². The van der Waals surface area contributed by atoms with Crippen LogP contribution in [-0.2, 0) is 15.9 Å². The van der Waals surface area contributed by atoms with Crippen molar-refractivity contribution in [2.24, 2.45) is 0 Å². The van der Waals surface area contributed by atoms with E-state index in [0.717, 1.165) is 6.42 Å². The van der Waals surface area contributed by atoms with E-state index in [0.29, 0.717) is 53.7 Å². The predicted molar refractivity (Wildman–Crippen MR) is 114 cm³/mol. The zero-order valence-corrected chi connectivity index (χ0v) is 18.1. The standard InChI is InChI=1S/C23H30O7/c1-5-11-18-19(29-22(24)27-14-6-2)16-12-9-10-13-17(16)21(20(18)26-8-4)30-23(25)28-15-7-3/h9-10,12-13H,5-8,11,14-15H2,1-4H3. The average molecular weight is 418 g/mol. The Morgan fingerprint density at radius 2 is 1.27 bits per heavy atom. The molecule has 0 spiro atoms. The average Bonchev–Trinajstić information content (AvgIpc) is 2.75. The third kappa shape index (κ3) is 5.78. The highest BCUT2D eigenvalue weighted by atomic mass is 16.7. The summed E-state index contributed by atoms with van der Waals surface area (Å²) in [5, 5.41) is 1.20. The second-order valence-corrected chi connectivity index (χ2v) is 6.60. The number of rotatable bonds is 10. The van der Waals surface area contributed by atoms with E-state index >= 15 is 0 Å². The summed E-state index contributed by atoms with van der Waals surface area (Å²) in [4.78, 5) is 24.4. The number of hydrogen-bond acceptors (Lipinski definition) is 7. The van der Waals surface area contributed by atoms with Gasteiger partial charge in [-0.15, -0.1) is 0 Å². The van der Waals surface area contributed by atoms with Crippen LogP contribution in [0, 0.1) is 0 Å². The molecular formula is C23H30O7. The van der Waals surface area contributed by atoms with Crippen molar-refractivity contribution in [3.63, 3.8) is 0 Å². The van der Waals surface area contributed by atoms with Gasteiger partial charge in [0, 0.05) is 16.3 Å². The van der Waals surface area contributed by atoms with E-state index in [9.17, 15) is 9.59 Å². The first-order chi connectivity index (χ1) is 14.6. The molecule has 0 bridgehead atoms. The minimum atomic E-state index is -0.804. The molecule has 0 aromatic heterocycles. The van der Waals surface area contributed by atoms with Crippen LogP contribution in [0.4, 0.5) is 9.59 Å². The van der Waals surface area contributed by atoms with Crippen LogP contribution >= 0.6 is 0 Å². The SMILES string of the molecule is CCCOC(=O)Oc1c(CCC)c(OCC)c(OC(=O)OCCC)c2ccccc12. The molecule has 0 aliphatic carbocycles. The third-order valence-electron chi connectivity index (χ3n) is 4.18. The maximum absolute atomic E-state index is 12.2. The lowest BCUT2D eigenvalue weighted by Crippen LogP contribution is -2.15. The zero-order valence-electron chi connectivity index (χ0n) is 18.1. The van der Waals surface area contributed by atoms with Crippen molar-refractivity contribution in [2.75, 3.05) is 19.8 Å². The summed E-state index contributed by atoms with van der Waals surface area (Å²) in [7, 11) is 0. The summed E-state index contributed by atoms with van der Waals surface area (Å²) in [6, 6.07) is 7.21. The molecule has 0 heterocycles. The summed E-state index contributed by atoms with van der Waals surface area (Å²) in [5.74, 6) is 0.974. The van der Waals surface area contributed by atoms with Crippen LogP contribution in [0.15, 0.2) is 24.3 Å². The van der Waals surface area contributed by atoms with Crippen LogP contribution < -0.4 is 14.2 Å². The van der Waals surface area contributed by atoms with E-state index in [1.807, 2.05) is 33.8 Å². The highest BCUT2D eigenvalue weighted by molar-refractivity contribution is 5.99. The number of carbonyl (C=O) groups excluding carboxylic acids is 2. The molecule has 30 heavy (non-hydrogen) atoms. The normalized spacial score (nSPS) is 10.5. The van der Waals surface area contributed by atoms with E-state index in [2.05, 4.69) is 0 Å². The number of carbonyl (C=O) groups is 2. The number of ether oxygens (including phenoxy) is 5. The molecule has 0 aliphatic rings. The minimum Gasteiger partial charge on any atom is -0.489 e. The molecular weight excluding hydrogens is 388 g/mol. The molecule has 0 radical (unpaired) electrons. The lowest BCUT2D eigenvalue weighted by Gasteiger charge is -2.20. The van der Waals surface area contributed by atoms with E-state index in [1.54, 1.807) is 18.2 Å². The monoisotopic (exact) mass is 418 g/mol. The minimum absolute atomic E-state index is 0.256. The number of hydrogen-bond donors (Lipinski definition) is 0. The molecule has 7 nitrogen and oxygen atoms in total. The van der Waals surface area contributed by atoms with Gasteiger partial charge in [0.25, 0.3) is 0 Å². The van der Waals surface area contributed by atoms with Gasteiger partial charge in [0.05, 0.1) is 19.8 Å². The van der Waals surface area contributed by atoms with Crippen LogP contribution in [0.1, 0.15) is 52.5 Å². The Morgan fingerprint density at radius 3 is 1.77 bits per heavy atom. The van der Waals surface area contributed by atoms with Crippen molar-refractivity contribution < 1.29 is 33.3 Å². The highest BCUT2D eigenvalue weighted by Gasteiger charge is 2.26. The molecule has 0 saturated carbocycles. The molecule has 0 saturated heterocycles. The van der Waals surface area contributed by atoms with Crippen molar-refractivity contribution in [1.82, 2.24) is 0 Å². The van der Waals surface area contributed by atoms with Crippen molar-refractivity contribution >= 4 is 23.1 Å². The van der Waals surface area contributed by atoms with Crippen LogP contribution in [0.5, 0.6) is 17.2 Å². The Hall–Kier alpha value is -2.96. The van der Waals surface area contributed by atoms with E-state index in [4.69, 9.17) is 23.7 Å². The largest absolute Gasteiger partial charge is 0.513 e. The molecule has 0 amide bonds. The van der Waals surface area contributed by atoms with E-state index < -0.39 is 12.3 Å². The summed E-state index contributed by atoms with van der Waals surface area (Å²) >= 11 is 0. The Kier molecular flexibility index (Phi) is 9.25. The first kappa shape index (κ1) is 23.3. The molecule has 0 unspecified atom stereocenters. The third-order valence-corrected chi connectivity index (χ3v) is 4.18. The van der Waals surface area contributed by atoms with Gasteiger partial charge in [0.15, 0.2) is 11.5 Å². The van der Waals surface area contributed by atoms with Crippen LogP contribution in [-0.4, -0.2) is 32.1 Å². The first-order valence-corrected chi connectivity index (χ1v) is 10.5. The summed E-state index contributed by atoms with van der Waals surface area (Å²) < 4.78 is 27.3. The van der Waals surface area contributed by atoms with Gasteiger partial charge in [-0.25, -0.2) is 9.59 Å². The van der Waals surface area contributed by atoms with Crippen LogP contribution in [0.2, 0.25) is 0 Å². The fourth-order valence-corrected chi connectivity index (χ4v) is 2.99. The maximum atomic E-state index is 12.2. The molecule has 2 rings (SSSR count). The van der Waals surface area contributed by atoms with Gasteiger partial charge in [0.2, 0.25) is 0 Å². The van der Waals surface area contributed by atoms with Gasteiger partial charge >= 0.3 is 12.3 Å². The Morgan fingerprint density at radius 1 is 0.733 bits per heavy atom. The molecule has 0 aliphatic heterocycles. The van der Waals surface area contributed by atoms with Crippen molar-refractivity contribution in [2.45, 2.75) is 53.4 Å². The van der Waals surface area contributed by atoms with E-state index in [1.165, 1.54) is 0 Å². The second kappa shape index (κ2) is 11.9. The number of fused-ring (bicyclic) bond motifs is 1. The van der Waals surface area contributed by atoms with Crippen molar-refractivity contribution in [3.05, 3.63) is 29.8 Å². The Bertz CT molecular complexity index is 790. The predicted octanol–water partition coefficient (Wildman–Crippen LogP) is 6.04. The lowest BCUT2D eigenvalue weighted by atomic mass is 9.99. The molecule has 7 heteroatoms. The van der Waals surface area contributed by atoms with Crippen molar-refractivity contribution in [1.29, 1.82) is 0 Å². The molecule has 2 aromatic rings. The first-order valence-electron chi connectivity index (χ1n) is 10.5. The summed E-state index contributed by atoms with van der Waals surface area (Å²) in [6.07, 6.45) is 1.10. The Labute approximate surface area is 177 Å². The van der Waals surface area contributed by atoms with Gasteiger partial charge in [-0.3, -0.25) is 0 Å². The second-order valence-electron chi connectivity index (χ2n) is 6.60. The molecule has 0 atom stereocenters. The topological polar surface area (TPSA) is 80.3 Å². The molecule has 2 aromatic carbocycles. The van der Waals surface area contributed by atoms with Crippen molar-refractivity contribution in [3.8, 4) is 17.2 Å².